The lowest BCUT2D eigenvalue weighted by molar-refractivity contribution is 0.0525. The smallest absolute Gasteiger partial charge is 0.338 e. The van der Waals surface area contributed by atoms with Gasteiger partial charge in [0.1, 0.15) is 11.9 Å². The summed E-state index contributed by atoms with van der Waals surface area (Å²) in [5, 5.41) is 3.30. The first-order valence-electron chi connectivity index (χ1n) is 6.44. The standard InChI is InChI=1S/C14H19NO3.ClH/c1-2-17-14(16)11-5-3-6-12(9-11)18-13-7-4-8-15-10-13;/h3,5-6,9,13,15H,2,4,7-8,10H2,1H3;1H. The molecule has 2 rings (SSSR count). The number of carbonyl (C=O) groups excluding carboxylic acids is 1. The molecule has 1 unspecified atom stereocenters. The Balaban J connectivity index is 0.00000180. The van der Waals surface area contributed by atoms with Gasteiger partial charge in [0.05, 0.1) is 12.2 Å². The van der Waals surface area contributed by atoms with Gasteiger partial charge in [-0.15, -0.1) is 12.4 Å². The van der Waals surface area contributed by atoms with Crippen molar-refractivity contribution >= 4 is 18.4 Å². The van der Waals surface area contributed by atoms with E-state index in [-0.39, 0.29) is 24.5 Å². The van der Waals surface area contributed by atoms with Gasteiger partial charge < -0.3 is 14.8 Å². The highest BCUT2D eigenvalue weighted by atomic mass is 35.5. The van der Waals surface area contributed by atoms with Crippen LogP contribution in [-0.4, -0.2) is 31.8 Å². The largest absolute Gasteiger partial charge is 0.489 e. The molecule has 0 aromatic heterocycles. The van der Waals surface area contributed by atoms with Gasteiger partial charge in [-0.05, 0) is 44.5 Å². The van der Waals surface area contributed by atoms with Gasteiger partial charge in [-0.3, -0.25) is 0 Å². The Morgan fingerprint density at radius 3 is 3.00 bits per heavy atom. The summed E-state index contributed by atoms with van der Waals surface area (Å²) in [5.41, 5.74) is 0.540. The highest BCUT2D eigenvalue weighted by Crippen LogP contribution is 2.18. The van der Waals surface area contributed by atoms with Crippen molar-refractivity contribution in [2.24, 2.45) is 0 Å². The van der Waals surface area contributed by atoms with Gasteiger partial charge in [-0.2, -0.15) is 0 Å². The predicted molar refractivity (Wildman–Crippen MR) is 76.2 cm³/mol. The van der Waals surface area contributed by atoms with E-state index in [0.717, 1.165) is 31.7 Å². The van der Waals surface area contributed by atoms with E-state index in [2.05, 4.69) is 5.32 Å². The second-order valence-corrected chi connectivity index (χ2v) is 4.33. The molecule has 0 bridgehead atoms. The lowest BCUT2D eigenvalue weighted by Gasteiger charge is -2.24. The topological polar surface area (TPSA) is 47.6 Å². The molecular weight excluding hydrogens is 266 g/mol. The zero-order valence-electron chi connectivity index (χ0n) is 11.1. The lowest BCUT2D eigenvalue weighted by atomic mass is 10.1. The maximum atomic E-state index is 11.6. The molecule has 1 aromatic rings. The number of ether oxygens (including phenoxy) is 2. The summed E-state index contributed by atoms with van der Waals surface area (Å²) in [7, 11) is 0. The molecule has 1 atom stereocenters. The van der Waals surface area contributed by atoms with Crippen LogP contribution >= 0.6 is 12.4 Å². The van der Waals surface area contributed by atoms with Gasteiger partial charge in [-0.25, -0.2) is 4.79 Å². The van der Waals surface area contributed by atoms with Crippen molar-refractivity contribution in [3.8, 4) is 5.75 Å². The van der Waals surface area contributed by atoms with Gasteiger partial charge in [0.25, 0.3) is 0 Å². The highest BCUT2D eigenvalue weighted by Gasteiger charge is 2.15. The van der Waals surface area contributed by atoms with Gasteiger partial charge in [-0.1, -0.05) is 6.07 Å². The minimum absolute atomic E-state index is 0. The monoisotopic (exact) mass is 285 g/mol. The van der Waals surface area contributed by atoms with Crippen LogP contribution in [0.3, 0.4) is 0 Å². The molecule has 4 nitrogen and oxygen atoms in total. The summed E-state index contributed by atoms with van der Waals surface area (Å²) < 4.78 is 10.8. The second kappa shape index (κ2) is 8.02. The van der Waals surface area contributed by atoms with Gasteiger partial charge in [0, 0.05) is 6.54 Å². The van der Waals surface area contributed by atoms with Crippen LogP contribution in [0.15, 0.2) is 24.3 Å². The third-order valence-corrected chi connectivity index (χ3v) is 2.90. The molecule has 1 aliphatic rings. The van der Waals surface area contributed by atoms with E-state index in [1.165, 1.54) is 0 Å². The van der Waals surface area contributed by atoms with E-state index >= 15 is 0 Å². The van der Waals surface area contributed by atoms with Crippen molar-refractivity contribution in [2.75, 3.05) is 19.7 Å². The average molecular weight is 286 g/mol. The molecule has 1 fully saturated rings. The number of nitrogens with one attached hydrogen (secondary N) is 1. The van der Waals surface area contributed by atoms with E-state index in [1.54, 1.807) is 19.1 Å². The Morgan fingerprint density at radius 2 is 2.32 bits per heavy atom. The number of piperidine rings is 1. The average Bonchev–Trinajstić information content (AvgIpc) is 2.40. The first-order chi connectivity index (χ1) is 8.79. The van der Waals surface area contributed by atoms with Gasteiger partial charge in [0.15, 0.2) is 0 Å². The molecule has 0 radical (unpaired) electrons. The molecule has 1 aliphatic heterocycles. The number of benzene rings is 1. The summed E-state index contributed by atoms with van der Waals surface area (Å²) >= 11 is 0. The van der Waals surface area contributed by atoms with Crippen molar-refractivity contribution in [2.45, 2.75) is 25.9 Å². The fourth-order valence-corrected chi connectivity index (χ4v) is 2.02. The molecule has 0 saturated carbocycles. The summed E-state index contributed by atoms with van der Waals surface area (Å²) in [6.07, 6.45) is 2.37. The first kappa shape index (κ1) is 15.8. The van der Waals surface area contributed by atoms with Crippen LogP contribution < -0.4 is 10.1 Å². The molecule has 106 valence electrons. The maximum absolute atomic E-state index is 11.6. The van der Waals surface area contributed by atoms with E-state index in [9.17, 15) is 4.79 Å². The van der Waals surface area contributed by atoms with Crippen LogP contribution in [-0.2, 0) is 4.74 Å². The minimum atomic E-state index is -0.301. The number of halogens is 1. The van der Waals surface area contributed by atoms with E-state index in [0.29, 0.717) is 12.2 Å². The first-order valence-corrected chi connectivity index (χ1v) is 6.44. The number of hydrogen-bond acceptors (Lipinski definition) is 4. The molecule has 0 spiro atoms. The minimum Gasteiger partial charge on any atom is -0.489 e. The van der Waals surface area contributed by atoms with Crippen LogP contribution in [0, 0.1) is 0 Å². The quantitative estimate of drug-likeness (QED) is 0.863. The molecule has 1 heterocycles. The van der Waals surface area contributed by atoms with Crippen LogP contribution in [0.4, 0.5) is 0 Å². The zero-order chi connectivity index (χ0) is 12.8. The van der Waals surface area contributed by atoms with E-state index in [4.69, 9.17) is 9.47 Å². The third-order valence-electron chi connectivity index (χ3n) is 2.90. The Labute approximate surface area is 119 Å². The van der Waals surface area contributed by atoms with Crippen molar-refractivity contribution in [3.05, 3.63) is 29.8 Å². The zero-order valence-corrected chi connectivity index (χ0v) is 11.9. The molecule has 0 amide bonds. The van der Waals surface area contributed by atoms with E-state index in [1.807, 2.05) is 12.1 Å². The van der Waals surface area contributed by atoms with Crippen molar-refractivity contribution in [1.82, 2.24) is 5.32 Å². The van der Waals surface area contributed by atoms with Gasteiger partial charge in [0.2, 0.25) is 0 Å². The number of carbonyl (C=O) groups is 1. The maximum Gasteiger partial charge on any atom is 0.338 e. The predicted octanol–water partition coefficient (Wildman–Crippen LogP) is 2.42. The number of esters is 1. The normalized spacial score (nSPS) is 18.3. The second-order valence-electron chi connectivity index (χ2n) is 4.33. The summed E-state index contributed by atoms with van der Waals surface area (Å²) in [6.45, 7) is 4.11. The molecule has 1 saturated heterocycles. The van der Waals surface area contributed by atoms with Gasteiger partial charge >= 0.3 is 5.97 Å². The molecule has 1 N–H and O–H groups in total. The fraction of sp³-hybridized carbons (Fsp3) is 0.500. The van der Waals surface area contributed by atoms with Crippen molar-refractivity contribution < 1.29 is 14.3 Å². The fourth-order valence-electron chi connectivity index (χ4n) is 2.02. The Hall–Kier alpha value is -1.26. The SMILES string of the molecule is CCOC(=O)c1cccc(OC2CCCNC2)c1.Cl. The summed E-state index contributed by atoms with van der Waals surface area (Å²) in [6, 6.07) is 7.17. The van der Waals surface area contributed by atoms with Crippen molar-refractivity contribution in [1.29, 1.82) is 0 Å². The number of hydrogen-bond donors (Lipinski definition) is 1. The number of rotatable bonds is 4. The molecule has 1 aromatic carbocycles. The van der Waals surface area contributed by atoms with Crippen LogP contribution in [0.25, 0.3) is 0 Å². The molecule has 5 heteroatoms. The summed E-state index contributed by atoms with van der Waals surface area (Å²) in [4.78, 5) is 11.6. The molecule has 19 heavy (non-hydrogen) atoms. The Kier molecular flexibility index (Phi) is 6.67. The summed E-state index contributed by atoms with van der Waals surface area (Å²) in [5.74, 6) is 0.430. The Bertz CT molecular complexity index is 405. The third kappa shape index (κ3) is 4.73. The molecular formula is C14H20ClNO3. The van der Waals surface area contributed by atoms with E-state index < -0.39 is 0 Å². The van der Waals surface area contributed by atoms with Crippen LogP contribution in [0.5, 0.6) is 5.75 Å². The highest BCUT2D eigenvalue weighted by molar-refractivity contribution is 5.89. The van der Waals surface area contributed by atoms with Crippen LogP contribution in [0.1, 0.15) is 30.1 Å². The van der Waals surface area contributed by atoms with Crippen LogP contribution in [0.2, 0.25) is 0 Å². The lowest BCUT2D eigenvalue weighted by Crippen LogP contribution is -2.37. The molecule has 0 aliphatic carbocycles. The Morgan fingerprint density at radius 1 is 1.47 bits per heavy atom. The van der Waals surface area contributed by atoms with Crippen molar-refractivity contribution in [3.63, 3.8) is 0 Å².